The normalized spacial score (nSPS) is 10.1. The van der Waals surface area contributed by atoms with Crippen LogP contribution in [0.3, 0.4) is 0 Å². The zero-order valence-electron chi connectivity index (χ0n) is 12.4. The number of carbonyl (C=O) groups excluding carboxylic acids is 1. The van der Waals surface area contributed by atoms with Crippen molar-refractivity contribution in [3.63, 3.8) is 0 Å². The van der Waals surface area contributed by atoms with Gasteiger partial charge in [-0.2, -0.15) is 0 Å². The van der Waals surface area contributed by atoms with Crippen LogP contribution in [0.5, 0.6) is 0 Å². The number of methoxy groups -OCH3 is 1. The first-order valence-electron chi connectivity index (χ1n) is 6.49. The van der Waals surface area contributed by atoms with E-state index in [1.54, 1.807) is 0 Å². The molecule has 1 heterocycles. The van der Waals surface area contributed by atoms with Crippen LogP contribution in [0.2, 0.25) is 0 Å². The van der Waals surface area contributed by atoms with Gasteiger partial charge in [0, 0.05) is 18.0 Å². The van der Waals surface area contributed by atoms with E-state index in [0.29, 0.717) is 5.69 Å². The molecule has 0 amide bonds. The van der Waals surface area contributed by atoms with Gasteiger partial charge in [-0.05, 0) is 37.1 Å². The average Bonchev–Trinajstić information content (AvgIpc) is 2.50. The van der Waals surface area contributed by atoms with Gasteiger partial charge >= 0.3 is 11.7 Å². The van der Waals surface area contributed by atoms with E-state index in [9.17, 15) is 14.9 Å². The Hall–Kier alpha value is -2.96. The van der Waals surface area contributed by atoms with Gasteiger partial charge in [-0.25, -0.2) is 9.78 Å². The molecule has 114 valence electrons. The van der Waals surface area contributed by atoms with E-state index in [0.717, 1.165) is 17.2 Å². The van der Waals surface area contributed by atoms with Gasteiger partial charge in [-0.15, -0.1) is 0 Å². The lowest BCUT2D eigenvalue weighted by atomic mass is 10.1. The minimum absolute atomic E-state index is 0.0276. The summed E-state index contributed by atoms with van der Waals surface area (Å²) >= 11 is 0. The van der Waals surface area contributed by atoms with E-state index >= 15 is 0 Å². The highest BCUT2D eigenvalue weighted by Crippen LogP contribution is 2.27. The number of anilines is 2. The van der Waals surface area contributed by atoms with Crippen molar-refractivity contribution in [1.29, 1.82) is 0 Å². The Labute approximate surface area is 127 Å². The highest BCUT2D eigenvalue weighted by atomic mass is 16.6. The number of rotatable bonds is 4. The van der Waals surface area contributed by atoms with Gasteiger partial charge in [0.15, 0.2) is 0 Å². The molecule has 1 N–H and O–H groups in total. The zero-order valence-corrected chi connectivity index (χ0v) is 12.4. The zero-order chi connectivity index (χ0) is 16.3. The van der Waals surface area contributed by atoms with Crippen molar-refractivity contribution in [3.8, 4) is 0 Å². The first kappa shape index (κ1) is 15.4. The maximum atomic E-state index is 11.4. The maximum absolute atomic E-state index is 11.4. The molecule has 2 aromatic rings. The Kier molecular flexibility index (Phi) is 4.36. The van der Waals surface area contributed by atoms with Crippen molar-refractivity contribution in [3.05, 3.63) is 57.3 Å². The number of carbonyl (C=O) groups is 1. The fraction of sp³-hybridized carbons (Fsp3) is 0.200. The lowest BCUT2D eigenvalue weighted by molar-refractivity contribution is -0.384. The molecule has 0 unspecified atom stereocenters. The molecule has 0 aliphatic heterocycles. The van der Waals surface area contributed by atoms with Crippen molar-refractivity contribution in [1.82, 2.24) is 4.98 Å². The van der Waals surface area contributed by atoms with Gasteiger partial charge in [0.05, 0.1) is 17.6 Å². The lowest BCUT2D eigenvalue weighted by Gasteiger charge is -2.09. The molecular formula is C15H15N3O4. The number of hydrogen-bond acceptors (Lipinski definition) is 6. The van der Waals surface area contributed by atoms with Crippen LogP contribution < -0.4 is 5.32 Å². The predicted octanol–water partition coefficient (Wildman–Crippen LogP) is 3.14. The fourth-order valence-electron chi connectivity index (χ4n) is 1.87. The van der Waals surface area contributed by atoms with Gasteiger partial charge in [-0.3, -0.25) is 10.1 Å². The van der Waals surface area contributed by atoms with Crippen LogP contribution in [0.15, 0.2) is 30.5 Å². The average molecular weight is 301 g/mol. The molecule has 0 aliphatic rings. The van der Waals surface area contributed by atoms with Crippen molar-refractivity contribution in [2.75, 3.05) is 12.4 Å². The summed E-state index contributed by atoms with van der Waals surface area (Å²) < 4.78 is 4.54. The summed E-state index contributed by atoms with van der Waals surface area (Å²) in [5, 5.41) is 14.1. The minimum atomic E-state index is -0.673. The SMILES string of the molecule is COC(=O)c1cnc(Nc2ccc(C)c(C)c2)c([N+](=O)[O-])c1. The van der Waals surface area contributed by atoms with Crippen molar-refractivity contribution in [2.24, 2.45) is 0 Å². The quantitative estimate of drug-likeness (QED) is 0.529. The van der Waals surface area contributed by atoms with Crippen molar-refractivity contribution < 1.29 is 14.5 Å². The summed E-state index contributed by atoms with van der Waals surface area (Å²) in [5.74, 6) is -0.603. The highest BCUT2D eigenvalue weighted by molar-refractivity contribution is 5.90. The van der Waals surface area contributed by atoms with Crippen LogP contribution in [0.1, 0.15) is 21.5 Å². The molecule has 0 radical (unpaired) electrons. The van der Waals surface area contributed by atoms with Crippen molar-refractivity contribution >= 4 is 23.2 Å². The standard InChI is InChI=1S/C15H15N3O4/c1-9-4-5-12(6-10(9)2)17-14-13(18(20)21)7-11(8-16-14)15(19)22-3/h4-8H,1-3H3,(H,16,17). The number of pyridine rings is 1. The number of aromatic nitrogens is 1. The molecule has 0 saturated heterocycles. The molecule has 0 saturated carbocycles. The number of benzene rings is 1. The second kappa shape index (κ2) is 6.21. The van der Waals surface area contributed by atoms with E-state index in [-0.39, 0.29) is 17.1 Å². The fourth-order valence-corrected chi connectivity index (χ4v) is 1.87. The monoisotopic (exact) mass is 301 g/mol. The molecule has 22 heavy (non-hydrogen) atoms. The summed E-state index contributed by atoms with van der Waals surface area (Å²) in [5.41, 5.74) is 2.60. The topological polar surface area (TPSA) is 94.4 Å². The van der Waals surface area contributed by atoms with Gasteiger partial charge in [-0.1, -0.05) is 6.07 Å². The Morgan fingerprint density at radius 1 is 1.27 bits per heavy atom. The number of ether oxygens (including phenoxy) is 1. The summed E-state index contributed by atoms with van der Waals surface area (Å²) in [4.78, 5) is 26.0. The predicted molar refractivity (Wildman–Crippen MR) is 81.4 cm³/mol. The van der Waals surface area contributed by atoms with Gasteiger partial charge in [0.1, 0.15) is 0 Å². The first-order chi connectivity index (χ1) is 10.4. The second-order valence-electron chi connectivity index (χ2n) is 4.76. The maximum Gasteiger partial charge on any atom is 0.339 e. The van der Waals surface area contributed by atoms with Crippen LogP contribution in [-0.2, 0) is 4.74 Å². The molecular weight excluding hydrogens is 286 g/mol. The third kappa shape index (κ3) is 3.20. The molecule has 2 rings (SSSR count). The number of nitrogens with zero attached hydrogens (tertiary/aromatic N) is 2. The molecule has 7 nitrogen and oxygen atoms in total. The number of esters is 1. The van der Waals surface area contributed by atoms with E-state index in [4.69, 9.17) is 0 Å². The van der Waals surface area contributed by atoms with Crippen LogP contribution in [0.4, 0.5) is 17.2 Å². The lowest BCUT2D eigenvalue weighted by Crippen LogP contribution is -2.06. The second-order valence-corrected chi connectivity index (χ2v) is 4.76. The molecule has 0 bridgehead atoms. The molecule has 0 spiro atoms. The number of hydrogen-bond donors (Lipinski definition) is 1. The number of nitro groups is 1. The van der Waals surface area contributed by atoms with Crippen LogP contribution in [0.25, 0.3) is 0 Å². The van der Waals surface area contributed by atoms with Crippen LogP contribution in [0, 0.1) is 24.0 Å². The number of aryl methyl sites for hydroxylation is 2. The number of nitrogens with one attached hydrogen (secondary N) is 1. The molecule has 7 heteroatoms. The van der Waals surface area contributed by atoms with Gasteiger partial charge < -0.3 is 10.1 Å². The molecule has 0 aliphatic carbocycles. The minimum Gasteiger partial charge on any atom is -0.465 e. The highest BCUT2D eigenvalue weighted by Gasteiger charge is 2.19. The molecule has 1 aromatic heterocycles. The summed E-state index contributed by atoms with van der Waals surface area (Å²) in [6.07, 6.45) is 1.24. The summed E-state index contributed by atoms with van der Waals surface area (Å²) in [6.45, 7) is 3.92. The third-order valence-corrected chi connectivity index (χ3v) is 3.26. The van der Waals surface area contributed by atoms with E-state index < -0.39 is 10.9 Å². The molecule has 0 fully saturated rings. The molecule has 1 aromatic carbocycles. The third-order valence-electron chi connectivity index (χ3n) is 3.26. The Morgan fingerprint density at radius 3 is 2.59 bits per heavy atom. The summed E-state index contributed by atoms with van der Waals surface area (Å²) in [6, 6.07) is 6.73. The van der Waals surface area contributed by atoms with E-state index in [1.807, 2.05) is 32.0 Å². The first-order valence-corrected chi connectivity index (χ1v) is 6.49. The summed E-state index contributed by atoms with van der Waals surface area (Å²) in [7, 11) is 1.20. The van der Waals surface area contributed by atoms with Gasteiger partial charge in [0.25, 0.3) is 0 Å². The van der Waals surface area contributed by atoms with E-state index in [1.165, 1.54) is 13.3 Å². The van der Waals surface area contributed by atoms with Crippen molar-refractivity contribution in [2.45, 2.75) is 13.8 Å². The van der Waals surface area contributed by atoms with Gasteiger partial charge in [0.2, 0.25) is 5.82 Å². The van der Waals surface area contributed by atoms with Crippen LogP contribution in [-0.4, -0.2) is 23.0 Å². The van der Waals surface area contributed by atoms with E-state index in [2.05, 4.69) is 15.0 Å². The Balaban J connectivity index is 2.39. The molecule has 0 atom stereocenters. The Morgan fingerprint density at radius 2 is 2.00 bits per heavy atom. The smallest absolute Gasteiger partial charge is 0.339 e. The Bertz CT molecular complexity index is 744. The largest absolute Gasteiger partial charge is 0.465 e. The van der Waals surface area contributed by atoms with Crippen LogP contribution >= 0.6 is 0 Å².